The summed E-state index contributed by atoms with van der Waals surface area (Å²) in [6.07, 6.45) is 1.35. The summed E-state index contributed by atoms with van der Waals surface area (Å²) in [6.45, 7) is 0.367. The van der Waals surface area contributed by atoms with Crippen molar-refractivity contribution in [1.82, 2.24) is 10.3 Å². The van der Waals surface area contributed by atoms with E-state index in [2.05, 4.69) is 10.3 Å². The van der Waals surface area contributed by atoms with Crippen LogP contribution in [0, 0.1) is 0 Å². The molecular weight excluding hydrogens is 299 g/mol. The summed E-state index contributed by atoms with van der Waals surface area (Å²) in [5.41, 5.74) is 1.23. The smallest absolute Gasteiger partial charge is 0.253 e. The number of benzene rings is 1. The number of methoxy groups -OCH3 is 1. The van der Waals surface area contributed by atoms with E-state index in [-0.39, 0.29) is 16.1 Å². The van der Waals surface area contributed by atoms with E-state index in [4.69, 9.17) is 27.9 Å². The van der Waals surface area contributed by atoms with Gasteiger partial charge in [-0.3, -0.25) is 4.79 Å². The molecule has 0 spiro atoms. The molecule has 0 saturated heterocycles. The van der Waals surface area contributed by atoms with Crippen molar-refractivity contribution in [3.05, 3.63) is 57.8 Å². The maximum Gasteiger partial charge on any atom is 0.253 e. The van der Waals surface area contributed by atoms with Gasteiger partial charge in [0.1, 0.15) is 10.9 Å². The number of pyridine rings is 1. The molecule has 0 atom stereocenters. The zero-order chi connectivity index (χ0) is 14.5. The molecule has 0 aliphatic heterocycles. The number of hydrogen-bond acceptors (Lipinski definition) is 3. The predicted molar refractivity (Wildman–Crippen MR) is 78.4 cm³/mol. The number of aromatic nitrogens is 1. The summed E-state index contributed by atoms with van der Waals surface area (Å²) < 4.78 is 5.12. The lowest BCUT2D eigenvalue weighted by Crippen LogP contribution is -2.23. The van der Waals surface area contributed by atoms with E-state index >= 15 is 0 Å². The van der Waals surface area contributed by atoms with E-state index < -0.39 is 0 Å². The highest BCUT2D eigenvalue weighted by molar-refractivity contribution is 6.35. The SMILES string of the molecule is COc1cccc(CNC(=O)c2cc(Cl)ncc2Cl)c1. The summed E-state index contributed by atoms with van der Waals surface area (Å²) in [5.74, 6) is 0.434. The van der Waals surface area contributed by atoms with Gasteiger partial charge in [0, 0.05) is 12.7 Å². The van der Waals surface area contributed by atoms with Crippen LogP contribution in [0.25, 0.3) is 0 Å². The van der Waals surface area contributed by atoms with Gasteiger partial charge < -0.3 is 10.1 Å². The molecule has 1 aromatic carbocycles. The largest absolute Gasteiger partial charge is 0.497 e. The van der Waals surface area contributed by atoms with Gasteiger partial charge in [0.25, 0.3) is 5.91 Å². The Bertz CT molecular complexity index is 632. The number of carbonyl (C=O) groups is 1. The number of ether oxygens (including phenoxy) is 1. The van der Waals surface area contributed by atoms with Gasteiger partial charge in [0.05, 0.1) is 17.7 Å². The molecule has 104 valence electrons. The summed E-state index contributed by atoms with van der Waals surface area (Å²) in [4.78, 5) is 15.8. The van der Waals surface area contributed by atoms with Crippen LogP contribution in [0.5, 0.6) is 5.75 Å². The highest BCUT2D eigenvalue weighted by Gasteiger charge is 2.11. The zero-order valence-corrected chi connectivity index (χ0v) is 12.2. The normalized spacial score (nSPS) is 10.2. The minimum absolute atomic E-state index is 0.223. The van der Waals surface area contributed by atoms with Crippen LogP contribution >= 0.6 is 23.2 Å². The Labute approximate surface area is 126 Å². The first-order valence-electron chi connectivity index (χ1n) is 5.82. The third-order valence-corrected chi connectivity index (χ3v) is 3.16. The minimum Gasteiger partial charge on any atom is -0.497 e. The van der Waals surface area contributed by atoms with Crippen molar-refractivity contribution in [2.45, 2.75) is 6.54 Å². The summed E-state index contributed by atoms with van der Waals surface area (Å²) >= 11 is 11.7. The van der Waals surface area contributed by atoms with Crippen molar-refractivity contribution in [3.63, 3.8) is 0 Å². The Morgan fingerprint density at radius 1 is 1.35 bits per heavy atom. The average Bonchev–Trinajstić information content (AvgIpc) is 2.47. The molecule has 1 N–H and O–H groups in total. The first-order valence-corrected chi connectivity index (χ1v) is 6.58. The summed E-state index contributed by atoms with van der Waals surface area (Å²) in [7, 11) is 1.59. The fraction of sp³-hybridized carbons (Fsp3) is 0.143. The lowest BCUT2D eigenvalue weighted by Gasteiger charge is -2.08. The average molecular weight is 311 g/mol. The first-order chi connectivity index (χ1) is 9.60. The van der Waals surface area contributed by atoms with Gasteiger partial charge in [-0.15, -0.1) is 0 Å². The first kappa shape index (κ1) is 14.6. The quantitative estimate of drug-likeness (QED) is 0.881. The number of nitrogens with zero attached hydrogens (tertiary/aromatic N) is 1. The molecule has 20 heavy (non-hydrogen) atoms. The molecule has 6 heteroatoms. The molecule has 0 radical (unpaired) electrons. The van der Waals surface area contributed by atoms with Crippen LogP contribution in [0.1, 0.15) is 15.9 Å². The summed E-state index contributed by atoms with van der Waals surface area (Å²) in [5, 5.41) is 3.25. The lowest BCUT2D eigenvalue weighted by molar-refractivity contribution is 0.0951. The number of halogens is 2. The van der Waals surface area contributed by atoms with Crippen molar-refractivity contribution < 1.29 is 9.53 Å². The van der Waals surface area contributed by atoms with Crippen LogP contribution in [-0.4, -0.2) is 18.0 Å². The van der Waals surface area contributed by atoms with Gasteiger partial charge in [0.15, 0.2) is 0 Å². The number of rotatable bonds is 4. The Morgan fingerprint density at radius 3 is 2.90 bits per heavy atom. The highest BCUT2D eigenvalue weighted by atomic mass is 35.5. The third-order valence-electron chi connectivity index (χ3n) is 2.65. The molecule has 1 heterocycles. The van der Waals surface area contributed by atoms with Gasteiger partial charge in [-0.1, -0.05) is 35.3 Å². The van der Waals surface area contributed by atoms with Crippen molar-refractivity contribution >= 4 is 29.1 Å². The van der Waals surface area contributed by atoms with Crippen molar-refractivity contribution in [2.24, 2.45) is 0 Å². The Hall–Kier alpha value is -1.78. The third kappa shape index (κ3) is 3.62. The maximum atomic E-state index is 12.0. The molecule has 0 bridgehead atoms. The van der Waals surface area contributed by atoms with Crippen LogP contribution in [0.15, 0.2) is 36.5 Å². The van der Waals surface area contributed by atoms with Crippen LogP contribution in [0.3, 0.4) is 0 Å². The van der Waals surface area contributed by atoms with E-state index in [1.54, 1.807) is 7.11 Å². The van der Waals surface area contributed by atoms with E-state index in [1.165, 1.54) is 12.3 Å². The van der Waals surface area contributed by atoms with E-state index in [1.807, 2.05) is 24.3 Å². The molecule has 1 aromatic heterocycles. The second kappa shape index (κ2) is 6.59. The van der Waals surface area contributed by atoms with Gasteiger partial charge in [0.2, 0.25) is 0 Å². The molecular formula is C14H12Cl2N2O2. The van der Waals surface area contributed by atoms with Gasteiger partial charge in [-0.25, -0.2) is 4.98 Å². The Kier molecular flexibility index (Phi) is 4.82. The lowest BCUT2D eigenvalue weighted by atomic mass is 10.2. The molecule has 0 aliphatic rings. The topological polar surface area (TPSA) is 51.2 Å². The monoisotopic (exact) mass is 310 g/mol. The molecule has 0 unspecified atom stereocenters. The van der Waals surface area contributed by atoms with Gasteiger partial charge in [-0.05, 0) is 23.8 Å². The standard InChI is InChI=1S/C14H12Cl2N2O2/c1-20-10-4-2-3-9(5-10)7-18-14(19)11-6-13(16)17-8-12(11)15/h2-6,8H,7H2,1H3,(H,18,19). The highest BCUT2D eigenvalue weighted by Crippen LogP contribution is 2.18. The van der Waals surface area contributed by atoms with Crippen molar-refractivity contribution in [3.8, 4) is 5.75 Å². The number of nitrogens with one attached hydrogen (secondary N) is 1. The molecule has 1 amide bonds. The molecule has 0 aliphatic carbocycles. The van der Waals surface area contributed by atoms with Crippen LogP contribution in [-0.2, 0) is 6.54 Å². The second-order valence-electron chi connectivity index (χ2n) is 4.02. The van der Waals surface area contributed by atoms with Crippen LogP contribution in [0.4, 0.5) is 0 Å². The van der Waals surface area contributed by atoms with E-state index in [0.29, 0.717) is 12.1 Å². The fourth-order valence-corrected chi connectivity index (χ4v) is 1.99. The zero-order valence-electron chi connectivity index (χ0n) is 10.7. The molecule has 0 fully saturated rings. The molecule has 2 aromatic rings. The summed E-state index contributed by atoms with van der Waals surface area (Å²) in [6, 6.07) is 8.87. The van der Waals surface area contributed by atoms with E-state index in [0.717, 1.165) is 11.3 Å². The number of amides is 1. The van der Waals surface area contributed by atoms with Crippen LogP contribution in [0.2, 0.25) is 10.2 Å². The second-order valence-corrected chi connectivity index (χ2v) is 4.82. The molecule has 4 nitrogen and oxygen atoms in total. The van der Waals surface area contributed by atoms with Crippen molar-refractivity contribution in [1.29, 1.82) is 0 Å². The predicted octanol–water partition coefficient (Wildman–Crippen LogP) is 3.33. The minimum atomic E-state index is -0.304. The van der Waals surface area contributed by atoms with Crippen molar-refractivity contribution in [2.75, 3.05) is 7.11 Å². The van der Waals surface area contributed by atoms with E-state index in [9.17, 15) is 4.79 Å². The van der Waals surface area contributed by atoms with Gasteiger partial charge in [-0.2, -0.15) is 0 Å². The van der Waals surface area contributed by atoms with Gasteiger partial charge >= 0.3 is 0 Å². The number of hydrogen-bond donors (Lipinski definition) is 1. The fourth-order valence-electron chi connectivity index (χ4n) is 1.65. The Balaban J connectivity index is 2.06. The number of carbonyl (C=O) groups excluding carboxylic acids is 1. The molecule has 0 saturated carbocycles. The maximum absolute atomic E-state index is 12.0. The van der Waals surface area contributed by atoms with Crippen LogP contribution < -0.4 is 10.1 Å². The Morgan fingerprint density at radius 2 is 2.15 bits per heavy atom. The molecule has 2 rings (SSSR count).